The average Bonchev–Trinajstić information content (AvgIpc) is 2.75. The number of hydrogen-bond acceptors (Lipinski definition) is 1. The molecule has 0 spiro atoms. The summed E-state index contributed by atoms with van der Waals surface area (Å²) in [5, 5.41) is 0.634. The zero-order valence-electron chi connectivity index (χ0n) is 9.00. The van der Waals surface area contributed by atoms with Crippen LogP contribution in [0.1, 0.15) is 19.8 Å². The first kappa shape index (κ1) is 12.7. The molecule has 0 N–H and O–H groups in total. The van der Waals surface area contributed by atoms with Crippen LogP contribution in [0, 0.1) is 0 Å². The molecule has 15 heavy (non-hydrogen) atoms. The van der Waals surface area contributed by atoms with Gasteiger partial charge in [-0.1, -0.05) is 23.8 Å². The highest BCUT2D eigenvalue weighted by atomic mass is 35.5. The lowest BCUT2D eigenvalue weighted by atomic mass is 10.3. The van der Waals surface area contributed by atoms with Gasteiger partial charge in [-0.15, -0.1) is 11.6 Å². The third-order valence-corrected chi connectivity index (χ3v) is 2.97. The van der Waals surface area contributed by atoms with E-state index in [9.17, 15) is 0 Å². The van der Waals surface area contributed by atoms with E-state index in [0.717, 1.165) is 18.1 Å². The monoisotopic (exact) mass is 245 g/mol. The zero-order valence-corrected chi connectivity index (χ0v) is 10.5. The molecule has 0 aliphatic carbocycles. The van der Waals surface area contributed by atoms with E-state index in [1.54, 1.807) is 0 Å². The highest BCUT2D eigenvalue weighted by Gasteiger charge is 2.06. The number of halogens is 2. The third-order valence-electron chi connectivity index (χ3n) is 2.34. The summed E-state index contributed by atoms with van der Waals surface area (Å²) in [6.45, 7) is 4.20. The first-order valence-corrected chi connectivity index (χ1v) is 6.10. The van der Waals surface area contributed by atoms with Gasteiger partial charge in [-0.2, -0.15) is 0 Å². The molecule has 0 aromatic rings. The van der Waals surface area contributed by atoms with Crippen LogP contribution in [0.2, 0.25) is 0 Å². The summed E-state index contributed by atoms with van der Waals surface area (Å²) >= 11 is 11.9. The van der Waals surface area contributed by atoms with Crippen molar-refractivity contribution in [2.45, 2.75) is 25.1 Å². The molecule has 1 aliphatic rings. The van der Waals surface area contributed by atoms with Crippen molar-refractivity contribution >= 4 is 23.2 Å². The molecule has 3 heteroatoms. The largest absolute Gasteiger partial charge is 0.378 e. The first-order chi connectivity index (χ1) is 7.22. The predicted molar refractivity (Wildman–Crippen MR) is 68.3 cm³/mol. The Balaban J connectivity index is 2.34. The second-order valence-corrected chi connectivity index (χ2v) is 4.50. The molecule has 0 amide bonds. The Labute approximate surface area is 102 Å². The average molecular weight is 246 g/mol. The second-order valence-electron chi connectivity index (χ2n) is 3.56. The Morgan fingerprint density at radius 1 is 1.27 bits per heavy atom. The van der Waals surface area contributed by atoms with Gasteiger partial charge in [-0.05, 0) is 38.1 Å². The number of rotatable bonds is 4. The number of likely N-dealkylation sites (tertiary alicyclic amines) is 1. The number of alkyl halides is 1. The molecule has 1 saturated heterocycles. The van der Waals surface area contributed by atoms with E-state index in [1.165, 1.54) is 12.8 Å². The molecular weight excluding hydrogens is 229 g/mol. The normalized spacial score (nSPS) is 20.7. The van der Waals surface area contributed by atoms with Gasteiger partial charge in [0.1, 0.15) is 0 Å². The summed E-state index contributed by atoms with van der Waals surface area (Å²) in [6.07, 6.45) is 12.2. The zero-order chi connectivity index (χ0) is 11.1. The summed E-state index contributed by atoms with van der Waals surface area (Å²) in [6, 6.07) is 0. The molecule has 1 heterocycles. The maximum absolute atomic E-state index is 6.07. The van der Waals surface area contributed by atoms with Gasteiger partial charge in [0.15, 0.2) is 0 Å². The SMILES string of the molecule is C/C=C(/Cl)C=CC(Cl)/C=C/N1CCCC1. The van der Waals surface area contributed by atoms with E-state index in [2.05, 4.69) is 11.1 Å². The Kier molecular flexibility index (Phi) is 5.89. The summed E-state index contributed by atoms with van der Waals surface area (Å²) < 4.78 is 0. The molecule has 84 valence electrons. The van der Waals surface area contributed by atoms with Crippen LogP contribution in [0.25, 0.3) is 0 Å². The molecule has 1 unspecified atom stereocenters. The van der Waals surface area contributed by atoms with Crippen molar-refractivity contribution in [1.82, 2.24) is 4.90 Å². The molecule has 1 fully saturated rings. The van der Waals surface area contributed by atoms with E-state index in [4.69, 9.17) is 23.2 Å². The van der Waals surface area contributed by atoms with Crippen molar-refractivity contribution in [1.29, 1.82) is 0 Å². The quantitative estimate of drug-likeness (QED) is 0.537. The summed E-state index contributed by atoms with van der Waals surface area (Å²) in [5.74, 6) is 0. The lowest BCUT2D eigenvalue weighted by Gasteiger charge is -2.10. The minimum absolute atomic E-state index is 0.0840. The number of hydrogen-bond donors (Lipinski definition) is 0. The Bertz CT molecular complexity index is 263. The Morgan fingerprint density at radius 3 is 2.53 bits per heavy atom. The highest BCUT2D eigenvalue weighted by Crippen LogP contribution is 2.10. The summed E-state index contributed by atoms with van der Waals surface area (Å²) in [5.41, 5.74) is 0. The van der Waals surface area contributed by atoms with Crippen molar-refractivity contribution in [3.05, 3.63) is 35.5 Å². The van der Waals surface area contributed by atoms with Crippen LogP contribution < -0.4 is 0 Å². The van der Waals surface area contributed by atoms with Crippen molar-refractivity contribution in [2.75, 3.05) is 13.1 Å². The van der Waals surface area contributed by atoms with Crippen LogP contribution in [0.4, 0.5) is 0 Å². The van der Waals surface area contributed by atoms with Gasteiger partial charge in [0.2, 0.25) is 0 Å². The van der Waals surface area contributed by atoms with Gasteiger partial charge >= 0.3 is 0 Å². The first-order valence-electron chi connectivity index (χ1n) is 5.29. The van der Waals surface area contributed by atoms with E-state index in [1.807, 2.05) is 31.2 Å². The van der Waals surface area contributed by atoms with Crippen LogP contribution in [0.3, 0.4) is 0 Å². The molecule has 0 bridgehead atoms. The topological polar surface area (TPSA) is 3.24 Å². The number of allylic oxidation sites excluding steroid dienone is 5. The van der Waals surface area contributed by atoms with Gasteiger partial charge in [-0.3, -0.25) is 0 Å². The van der Waals surface area contributed by atoms with Crippen LogP contribution in [0.15, 0.2) is 35.5 Å². The minimum Gasteiger partial charge on any atom is -0.378 e. The fourth-order valence-corrected chi connectivity index (χ4v) is 1.65. The fourth-order valence-electron chi connectivity index (χ4n) is 1.44. The van der Waals surface area contributed by atoms with Gasteiger partial charge in [-0.25, -0.2) is 0 Å². The summed E-state index contributed by atoms with van der Waals surface area (Å²) in [4.78, 5) is 2.29. The van der Waals surface area contributed by atoms with Gasteiger partial charge in [0, 0.05) is 18.1 Å². The molecule has 0 aromatic heterocycles. The molecule has 0 radical (unpaired) electrons. The maximum atomic E-state index is 6.07. The van der Waals surface area contributed by atoms with Crippen LogP contribution in [-0.2, 0) is 0 Å². The highest BCUT2D eigenvalue weighted by molar-refractivity contribution is 6.31. The lowest BCUT2D eigenvalue weighted by molar-refractivity contribution is 0.467. The van der Waals surface area contributed by atoms with E-state index in [0.29, 0.717) is 0 Å². The van der Waals surface area contributed by atoms with Crippen LogP contribution in [0.5, 0.6) is 0 Å². The second kappa shape index (κ2) is 6.97. The standard InChI is InChI=1S/C12H17Cl2N/c1-2-11(13)5-6-12(14)7-10-15-8-3-4-9-15/h2,5-7,10,12H,3-4,8-9H2,1H3/b6-5?,10-7+,11-2+. The minimum atomic E-state index is -0.0840. The predicted octanol–water partition coefficient (Wildman–Crippen LogP) is 3.90. The summed E-state index contributed by atoms with van der Waals surface area (Å²) in [7, 11) is 0. The molecular formula is C12H17Cl2N. The van der Waals surface area contributed by atoms with Gasteiger partial charge < -0.3 is 4.90 Å². The van der Waals surface area contributed by atoms with Crippen LogP contribution >= 0.6 is 23.2 Å². The Hall–Kier alpha value is -0.400. The molecule has 1 rings (SSSR count). The van der Waals surface area contributed by atoms with Gasteiger partial charge in [0.25, 0.3) is 0 Å². The Morgan fingerprint density at radius 2 is 1.93 bits per heavy atom. The van der Waals surface area contributed by atoms with Crippen molar-refractivity contribution in [3.63, 3.8) is 0 Å². The van der Waals surface area contributed by atoms with Crippen LogP contribution in [-0.4, -0.2) is 23.4 Å². The molecule has 0 saturated carbocycles. The van der Waals surface area contributed by atoms with E-state index < -0.39 is 0 Å². The fraction of sp³-hybridized carbons (Fsp3) is 0.500. The van der Waals surface area contributed by atoms with E-state index in [-0.39, 0.29) is 5.38 Å². The lowest BCUT2D eigenvalue weighted by Crippen LogP contribution is -2.11. The molecule has 1 aliphatic heterocycles. The third kappa shape index (κ3) is 5.29. The van der Waals surface area contributed by atoms with Gasteiger partial charge in [0.05, 0.1) is 5.38 Å². The molecule has 0 aromatic carbocycles. The molecule has 1 nitrogen and oxygen atoms in total. The van der Waals surface area contributed by atoms with Crippen molar-refractivity contribution in [2.24, 2.45) is 0 Å². The van der Waals surface area contributed by atoms with Crippen molar-refractivity contribution in [3.8, 4) is 0 Å². The maximum Gasteiger partial charge on any atom is 0.0717 e. The van der Waals surface area contributed by atoms with E-state index >= 15 is 0 Å². The number of nitrogens with zero attached hydrogens (tertiary/aromatic N) is 1. The smallest absolute Gasteiger partial charge is 0.0717 e. The molecule has 1 atom stereocenters. The van der Waals surface area contributed by atoms with Crippen molar-refractivity contribution < 1.29 is 0 Å².